The minimum atomic E-state index is -4.43. The van der Waals surface area contributed by atoms with E-state index in [2.05, 4.69) is 15.3 Å². The van der Waals surface area contributed by atoms with Gasteiger partial charge < -0.3 is 5.32 Å². The van der Waals surface area contributed by atoms with Crippen LogP contribution < -0.4 is 5.32 Å². The number of rotatable bonds is 2. The molecule has 0 unspecified atom stereocenters. The van der Waals surface area contributed by atoms with Crippen molar-refractivity contribution in [2.45, 2.75) is 13.1 Å². The average molecular weight is 259 g/mol. The monoisotopic (exact) mass is 259 g/mol. The van der Waals surface area contributed by atoms with Crippen molar-refractivity contribution >= 4 is 22.3 Å². The van der Waals surface area contributed by atoms with Crippen LogP contribution in [0.1, 0.15) is 11.4 Å². The highest BCUT2D eigenvalue weighted by Gasteiger charge is 2.32. The Balaban J connectivity index is 2.22. The predicted molar refractivity (Wildman–Crippen MR) is 59.4 cm³/mol. The highest BCUT2D eigenvalue weighted by Crippen LogP contribution is 2.29. The molecule has 0 saturated heterocycles. The molecule has 2 aromatic heterocycles. The Kier molecular flexibility index (Phi) is 3.01. The summed E-state index contributed by atoms with van der Waals surface area (Å²) in [5.41, 5.74) is -0.111. The number of anilines is 2. The van der Waals surface area contributed by atoms with Crippen LogP contribution in [-0.4, -0.2) is 9.97 Å². The number of thiazole rings is 1. The van der Waals surface area contributed by atoms with E-state index in [-0.39, 0.29) is 5.82 Å². The van der Waals surface area contributed by atoms with E-state index in [9.17, 15) is 13.2 Å². The molecule has 0 aliphatic heterocycles. The first-order valence-corrected chi connectivity index (χ1v) is 5.56. The van der Waals surface area contributed by atoms with Crippen molar-refractivity contribution in [1.29, 1.82) is 0 Å². The third-order valence-electron chi connectivity index (χ3n) is 1.89. The van der Waals surface area contributed by atoms with E-state index >= 15 is 0 Å². The molecule has 7 heteroatoms. The number of aromatic nitrogens is 2. The standard InChI is InChI=1S/C10H8F3N3S/c1-6-5-17-9(14-6)16-8-4-2-3-7(15-8)10(11,12)13/h2-5H,1H3,(H,14,15,16). The second-order valence-corrected chi connectivity index (χ2v) is 4.18. The molecule has 0 spiro atoms. The molecule has 0 aromatic carbocycles. The van der Waals surface area contributed by atoms with Gasteiger partial charge in [-0.1, -0.05) is 6.07 Å². The number of aryl methyl sites for hydroxylation is 1. The van der Waals surface area contributed by atoms with Gasteiger partial charge in [-0.2, -0.15) is 13.2 Å². The van der Waals surface area contributed by atoms with E-state index in [0.717, 1.165) is 11.8 Å². The van der Waals surface area contributed by atoms with Crippen LogP contribution in [0, 0.1) is 6.92 Å². The lowest BCUT2D eigenvalue weighted by Gasteiger charge is -2.07. The molecular formula is C10H8F3N3S. The van der Waals surface area contributed by atoms with Gasteiger partial charge in [0.2, 0.25) is 0 Å². The van der Waals surface area contributed by atoms with Crippen LogP contribution in [-0.2, 0) is 6.18 Å². The van der Waals surface area contributed by atoms with Crippen LogP contribution in [0.2, 0.25) is 0 Å². The maximum atomic E-state index is 12.4. The number of pyridine rings is 1. The summed E-state index contributed by atoms with van der Waals surface area (Å²) < 4.78 is 37.2. The molecule has 0 aliphatic carbocycles. The molecule has 0 bridgehead atoms. The Morgan fingerprint density at radius 1 is 1.24 bits per heavy atom. The number of hydrogen-bond acceptors (Lipinski definition) is 4. The van der Waals surface area contributed by atoms with Crippen LogP contribution >= 0.6 is 11.3 Å². The van der Waals surface area contributed by atoms with Crippen molar-refractivity contribution in [3.05, 3.63) is 35.0 Å². The van der Waals surface area contributed by atoms with Crippen molar-refractivity contribution in [3.63, 3.8) is 0 Å². The second-order valence-electron chi connectivity index (χ2n) is 3.32. The molecule has 2 aromatic rings. The minimum Gasteiger partial charge on any atom is -0.316 e. The van der Waals surface area contributed by atoms with E-state index in [1.165, 1.54) is 23.5 Å². The fourth-order valence-corrected chi connectivity index (χ4v) is 1.88. The predicted octanol–water partition coefficient (Wildman–Crippen LogP) is 3.61. The second kappa shape index (κ2) is 4.33. The number of alkyl halides is 3. The quantitative estimate of drug-likeness (QED) is 0.895. The highest BCUT2D eigenvalue weighted by molar-refractivity contribution is 7.13. The van der Waals surface area contributed by atoms with Crippen LogP contribution in [0.15, 0.2) is 23.6 Å². The zero-order valence-corrected chi connectivity index (χ0v) is 9.56. The zero-order valence-electron chi connectivity index (χ0n) is 8.75. The van der Waals surface area contributed by atoms with Gasteiger partial charge in [-0.25, -0.2) is 9.97 Å². The van der Waals surface area contributed by atoms with Crippen LogP contribution in [0.25, 0.3) is 0 Å². The number of halogens is 3. The van der Waals surface area contributed by atoms with Gasteiger partial charge >= 0.3 is 6.18 Å². The molecule has 17 heavy (non-hydrogen) atoms. The van der Waals surface area contributed by atoms with Gasteiger partial charge in [-0.15, -0.1) is 11.3 Å². The number of nitrogens with zero attached hydrogens (tertiary/aromatic N) is 2. The van der Waals surface area contributed by atoms with E-state index in [1.54, 1.807) is 12.3 Å². The molecule has 2 rings (SSSR count). The normalized spacial score (nSPS) is 11.5. The lowest BCUT2D eigenvalue weighted by atomic mass is 10.3. The Bertz CT molecular complexity index is 522. The zero-order chi connectivity index (χ0) is 12.5. The van der Waals surface area contributed by atoms with E-state index in [0.29, 0.717) is 5.13 Å². The van der Waals surface area contributed by atoms with Crippen LogP contribution in [0.3, 0.4) is 0 Å². The maximum Gasteiger partial charge on any atom is 0.433 e. The van der Waals surface area contributed by atoms with Gasteiger partial charge in [0.25, 0.3) is 0 Å². The summed E-state index contributed by atoms with van der Waals surface area (Å²) in [4.78, 5) is 7.56. The first-order chi connectivity index (χ1) is 7.95. The average Bonchev–Trinajstić information content (AvgIpc) is 2.63. The fourth-order valence-electron chi connectivity index (χ4n) is 1.18. The maximum absolute atomic E-state index is 12.4. The van der Waals surface area contributed by atoms with Gasteiger partial charge in [0, 0.05) is 5.38 Å². The summed E-state index contributed by atoms with van der Waals surface area (Å²) in [5.74, 6) is 0.133. The summed E-state index contributed by atoms with van der Waals surface area (Å²) >= 11 is 1.31. The Hall–Kier alpha value is -1.63. The summed E-state index contributed by atoms with van der Waals surface area (Å²) in [6.45, 7) is 1.81. The lowest BCUT2D eigenvalue weighted by Crippen LogP contribution is -2.08. The molecule has 90 valence electrons. The van der Waals surface area contributed by atoms with Crippen molar-refractivity contribution in [3.8, 4) is 0 Å². The summed E-state index contributed by atoms with van der Waals surface area (Å²) in [6, 6.07) is 3.70. The largest absolute Gasteiger partial charge is 0.433 e. The van der Waals surface area contributed by atoms with Crippen molar-refractivity contribution in [2.24, 2.45) is 0 Å². The third kappa shape index (κ3) is 2.94. The van der Waals surface area contributed by atoms with E-state index in [1.807, 2.05) is 0 Å². The first kappa shape index (κ1) is 11.8. The molecule has 2 heterocycles. The van der Waals surface area contributed by atoms with Gasteiger partial charge in [0.15, 0.2) is 5.13 Å². The van der Waals surface area contributed by atoms with Crippen molar-refractivity contribution in [1.82, 2.24) is 9.97 Å². The Morgan fingerprint density at radius 2 is 2.00 bits per heavy atom. The van der Waals surface area contributed by atoms with Crippen LogP contribution in [0.5, 0.6) is 0 Å². The summed E-state index contributed by atoms with van der Waals surface area (Å²) in [5, 5.41) is 5.06. The van der Waals surface area contributed by atoms with Crippen molar-refractivity contribution in [2.75, 3.05) is 5.32 Å². The van der Waals surface area contributed by atoms with Gasteiger partial charge in [-0.05, 0) is 19.1 Å². The molecule has 0 atom stereocenters. The number of nitrogens with one attached hydrogen (secondary N) is 1. The minimum absolute atomic E-state index is 0.133. The topological polar surface area (TPSA) is 37.8 Å². The molecule has 0 amide bonds. The van der Waals surface area contributed by atoms with Gasteiger partial charge in [0.05, 0.1) is 5.69 Å². The summed E-state index contributed by atoms with van der Waals surface area (Å²) in [6.07, 6.45) is -4.43. The first-order valence-electron chi connectivity index (χ1n) is 4.68. The molecule has 0 radical (unpaired) electrons. The van der Waals surface area contributed by atoms with Gasteiger partial charge in [-0.3, -0.25) is 0 Å². The molecule has 3 nitrogen and oxygen atoms in total. The molecule has 0 aliphatic rings. The van der Waals surface area contributed by atoms with Crippen molar-refractivity contribution < 1.29 is 13.2 Å². The SMILES string of the molecule is Cc1csc(Nc2cccc(C(F)(F)F)n2)n1. The molecular weight excluding hydrogens is 251 g/mol. The van der Waals surface area contributed by atoms with Crippen LogP contribution in [0.4, 0.5) is 24.1 Å². The highest BCUT2D eigenvalue weighted by atomic mass is 32.1. The molecule has 1 N–H and O–H groups in total. The molecule has 0 fully saturated rings. The Labute approximate surface area is 99.3 Å². The smallest absolute Gasteiger partial charge is 0.316 e. The number of hydrogen-bond donors (Lipinski definition) is 1. The Morgan fingerprint density at radius 3 is 2.59 bits per heavy atom. The van der Waals surface area contributed by atoms with Gasteiger partial charge in [0.1, 0.15) is 11.5 Å². The fraction of sp³-hybridized carbons (Fsp3) is 0.200. The summed E-state index contributed by atoms with van der Waals surface area (Å²) in [7, 11) is 0. The third-order valence-corrected chi connectivity index (χ3v) is 2.77. The lowest BCUT2D eigenvalue weighted by molar-refractivity contribution is -0.141. The molecule has 0 saturated carbocycles. The van der Waals surface area contributed by atoms with E-state index in [4.69, 9.17) is 0 Å². The van der Waals surface area contributed by atoms with E-state index < -0.39 is 11.9 Å².